The van der Waals surface area contributed by atoms with Gasteiger partial charge in [0.15, 0.2) is 6.10 Å². The third-order valence-electron chi connectivity index (χ3n) is 9.24. The highest BCUT2D eigenvalue weighted by molar-refractivity contribution is 6.31. The zero-order chi connectivity index (χ0) is 41.0. The maximum absolute atomic E-state index is 13.7. The molecule has 0 aliphatic carbocycles. The molecule has 6 atom stereocenters. The molecule has 3 rings (SSSR count). The largest absolute Gasteiger partial charge is 0.459 e. The SMILES string of the molecule is Cc1ccc(C[C@H]2NC(=O)/C=C/C[C@@H]([C@H](C)[C@@H](O)[C@@H](Cl)c3ccc(CNC(=O)CN(C)Cl)cc3)OC(=O)[C@H](CC(C)C)OC(=O)C(C)(C)CNC2=O)cc1Cl. The van der Waals surface area contributed by atoms with Crippen LogP contribution in [0.4, 0.5) is 0 Å². The number of likely N-dealkylation sites (N-methyl/N-ethyl adjacent to an activating group) is 1. The molecule has 0 saturated carbocycles. The average molecular weight is 824 g/mol. The first kappa shape index (κ1) is 45.7. The molecule has 1 aliphatic rings. The quantitative estimate of drug-likeness (QED) is 0.126. The van der Waals surface area contributed by atoms with Crippen molar-refractivity contribution in [2.24, 2.45) is 17.3 Å². The average Bonchev–Trinajstić information content (AvgIpc) is 3.11. The van der Waals surface area contributed by atoms with Crippen LogP contribution in [0.3, 0.4) is 0 Å². The van der Waals surface area contributed by atoms with Crippen LogP contribution in [0.2, 0.25) is 5.02 Å². The van der Waals surface area contributed by atoms with Crippen LogP contribution >= 0.6 is 35.0 Å². The number of hydrogen-bond donors (Lipinski definition) is 4. The summed E-state index contributed by atoms with van der Waals surface area (Å²) in [6.07, 6.45) is -0.542. The lowest BCUT2D eigenvalue weighted by atomic mass is 9.90. The van der Waals surface area contributed by atoms with Gasteiger partial charge >= 0.3 is 11.9 Å². The maximum Gasteiger partial charge on any atom is 0.347 e. The minimum atomic E-state index is -1.28. The Kier molecular flexibility index (Phi) is 17.5. The van der Waals surface area contributed by atoms with E-state index in [-0.39, 0.29) is 50.7 Å². The second-order valence-electron chi connectivity index (χ2n) is 15.1. The van der Waals surface area contributed by atoms with E-state index in [4.69, 9.17) is 44.5 Å². The lowest BCUT2D eigenvalue weighted by molar-refractivity contribution is -0.180. The number of halogens is 3. The normalized spacial score (nSPS) is 22.2. The van der Waals surface area contributed by atoms with Gasteiger partial charge in [0, 0.05) is 43.9 Å². The standard InChI is InChI=1S/C40H53Cl3N4O8/c1-23(2)17-32-38(52)54-31(25(4)36(50)35(42)28-15-13-26(14-16-28)20-44-34(49)21-47(7)43)9-8-10-33(48)46-30(19-27-12-11-24(3)29(41)18-27)37(51)45-22-40(5,6)39(53)55-32/h8,10-16,18,23,25,30-32,35-36,50H,9,17,19-22H2,1-7H3,(H,44,49)(H,45,51)(H,46,48)/b10-8+/t25-,30+,31-,32-,35-,36+/m0/s1. The van der Waals surface area contributed by atoms with Crippen LogP contribution in [0.1, 0.15) is 75.1 Å². The molecule has 0 saturated heterocycles. The molecule has 0 fully saturated rings. The number of esters is 2. The van der Waals surface area contributed by atoms with Crippen LogP contribution in [-0.4, -0.2) is 83.7 Å². The molecule has 12 nitrogen and oxygen atoms in total. The second-order valence-corrected chi connectivity index (χ2v) is 16.6. The highest BCUT2D eigenvalue weighted by Crippen LogP contribution is 2.32. The second kappa shape index (κ2) is 21.0. The fourth-order valence-corrected chi connectivity index (χ4v) is 6.39. The summed E-state index contributed by atoms with van der Waals surface area (Å²) in [7, 11) is 1.57. The fraction of sp³-hybridized carbons (Fsp3) is 0.525. The molecular weight excluding hydrogens is 771 g/mol. The van der Waals surface area contributed by atoms with Gasteiger partial charge in [0.05, 0.1) is 23.4 Å². The van der Waals surface area contributed by atoms with Crippen molar-refractivity contribution in [1.82, 2.24) is 20.4 Å². The molecule has 0 unspecified atom stereocenters. The fourth-order valence-electron chi connectivity index (χ4n) is 5.70. The van der Waals surface area contributed by atoms with Crippen LogP contribution in [0, 0.1) is 24.2 Å². The molecule has 4 N–H and O–H groups in total. The number of ether oxygens (including phenoxy) is 2. The number of aryl methyl sites for hydroxylation is 1. The van der Waals surface area contributed by atoms with Gasteiger partial charge in [-0.05, 0) is 79.3 Å². The highest BCUT2D eigenvalue weighted by atomic mass is 35.5. The van der Waals surface area contributed by atoms with Gasteiger partial charge in [-0.25, -0.2) is 9.21 Å². The molecule has 0 aromatic heterocycles. The molecule has 0 radical (unpaired) electrons. The number of alkyl halides is 1. The van der Waals surface area contributed by atoms with Crippen molar-refractivity contribution in [3.05, 3.63) is 81.9 Å². The van der Waals surface area contributed by atoms with Crippen molar-refractivity contribution >= 4 is 64.6 Å². The van der Waals surface area contributed by atoms with Crippen molar-refractivity contribution in [2.45, 2.75) is 97.1 Å². The van der Waals surface area contributed by atoms with Gasteiger partial charge in [-0.1, -0.05) is 74.8 Å². The third-order valence-corrected chi connectivity index (χ3v) is 10.3. The first-order valence-electron chi connectivity index (χ1n) is 18.2. The number of hydrogen-bond acceptors (Lipinski definition) is 9. The molecule has 3 amide bonds. The number of cyclic esters (lactones) is 2. The molecule has 302 valence electrons. The Hall–Kier alpha value is -3.68. The van der Waals surface area contributed by atoms with E-state index in [9.17, 15) is 29.1 Å². The van der Waals surface area contributed by atoms with E-state index >= 15 is 0 Å². The van der Waals surface area contributed by atoms with Crippen molar-refractivity contribution < 1.29 is 38.6 Å². The van der Waals surface area contributed by atoms with Crippen molar-refractivity contribution in [2.75, 3.05) is 20.1 Å². The zero-order valence-electron chi connectivity index (χ0n) is 32.4. The van der Waals surface area contributed by atoms with E-state index in [1.54, 1.807) is 58.2 Å². The molecule has 1 heterocycles. The minimum Gasteiger partial charge on any atom is -0.459 e. The van der Waals surface area contributed by atoms with E-state index in [1.807, 2.05) is 32.9 Å². The summed E-state index contributed by atoms with van der Waals surface area (Å²) in [5, 5.41) is 19.4. The van der Waals surface area contributed by atoms with E-state index in [1.165, 1.54) is 16.6 Å². The minimum absolute atomic E-state index is 0.0185. The predicted molar refractivity (Wildman–Crippen MR) is 212 cm³/mol. The van der Waals surface area contributed by atoms with Gasteiger partial charge < -0.3 is 30.5 Å². The summed E-state index contributed by atoms with van der Waals surface area (Å²) in [5.74, 6) is -3.74. The van der Waals surface area contributed by atoms with Crippen LogP contribution in [0.25, 0.3) is 0 Å². The molecule has 0 spiro atoms. The van der Waals surface area contributed by atoms with Crippen LogP contribution in [-0.2, 0) is 46.4 Å². The number of rotatable bonds is 12. The number of nitrogens with zero attached hydrogens (tertiary/aromatic N) is 1. The van der Waals surface area contributed by atoms with Crippen LogP contribution in [0.5, 0.6) is 0 Å². The van der Waals surface area contributed by atoms with Crippen LogP contribution < -0.4 is 16.0 Å². The summed E-state index contributed by atoms with van der Waals surface area (Å²) >= 11 is 18.9. The van der Waals surface area contributed by atoms with E-state index in [0.29, 0.717) is 16.1 Å². The monoisotopic (exact) mass is 822 g/mol. The Morgan fingerprint density at radius 3 is 2.33 bits per heavy atom. The van der Waals surface area contributed by atoms with Gasteiger partial charge in [-0.15, -0.1) is 11.6 Å². The Balaban J connectivity index is 1.89. The maximum atomic E-state index is 13.7. The number of aliphatic hydroxyl groups excluding tert-OH is 1. The highest BCUT2D eigenvalue weighted by Gasteiger charge is 2.38. The summed E-state index contributed by atoms with van der Waals surface area (Å²) in [4.78, 5) is 66.0. The number of amides is 3. The predicted octanol–water partition coefficient (Wildman–Crippen LogP) is 5.33. The van der Waals surface area contributed by atoms with Gasteiger partial charge in [0.1, 0.15) is 12.1 Å². The smallest absolute Gasteiger partial charge is 0.347 e. The number of nitrogens with one attached hydrogen (secondary N) is 3. The van der Waals surface area contributed by atoms with Crippen LogP contribution in [0.15, 0.2) is 54.6 Å². The Morgan fingerprint density at radius 1 is 1.05 bits per heavy atom. The number of benzene rings is 2. The first-order valence-corrected chi connectivity index (χ1v) is 19.4. The third kappa shape index (κ3) is 14.4. The van der Waals surface area contributed by atoms with E-state index in [0.717, 1.165) is 11.1 Å². The molecule has 15 heteroatoms. The number of carbonyl (C=O) groups excluding carboxylic acids is 5. The topological polar surface area (TPSA) is 163 Å². The first-order chi connectivity index (χ1) is 25.8. The number of carbonyl (C=O) groups is 5. The summed E-state index contributed by atoms with van der Waals surface area (Å²) in [5.41, 5.74) is 1.69. The lowest BCUT2D eigenvalue weighted by Gasteiger charge is -2.32. The Morgan fingerprint density at radius 2 is 1.71 bits per heavy atom. The summed E-state index contributed by atoms with van der Waals surface area (Å²) < 4.78 is 13.0. The molecular formula is C40H53Cl3N4O8. The summed E-state index contributed by atoms with van der Waals surface area (Å²) in [6, 6.07) is 11.4. The van der Waals surface area contributed by atoms with Gasteiger partial charge in [-0.2, -0.15) is 0 Å². The molecule has 2 aromatic carbocycles. The van der Waals surface area contributed by atoms with Gasteiger partial charge in [0.2, 0.25) is 17.7 Å². The number of aliphatic hydroxyl groups is 1. The molecule has 0 bridgehead atoms. The van der Waals surface area contributed by atoms with Gasteiger partial charge in [0.25, 0.3) is 0 Å². The van der Waals surface area contributed by atoms with E-state index in [2.05, 4.69) is 16.0 Å². The zero-order valence-corrected chi connectivity index (χ0v) is 34.6. The lowest BCUT2D eigenvalue weighted by Crippen LogP contribution is -2.51. The Bertz CT molecular complexity index is 1680. The van der Waals surface area contributed by atoms with Crippen molar-refractivity contribution in [1.29, 1.82) is 0 Å². The Labute approximate surface area is 338 Å². The van der Waals surface area contributed by atoms with Crippen molar-refractivity contribution in [3.8, 4) is 0 Å². The molecule has 1 aliphatic heterocycles. The van der Waals surface area contributed by atoms with E-state index < -0.39 is 64.8 Å². The molecule has 55 heavy (non-hydrogen) atoms. The van der Waals surface area contributed by atoms with Gasteiger partial charge in [-0.3, -0.25) is 19.2 Å². The molecule has 2 aromatic rings. The summed E-state index contributed by atoms with van der Waals surface area (Å²) in [6.45, 7) is 10.6. The van der Waals surface area contributed by atoms with Crippen molar-refractivity contribution in [3.63, 3.8) is 0 Å².